The molecule has 33 heavy (non-hydrogen) atoms. The molecule has 1 aliphatic rings. The Morgan fingerprint density at radius 2 is 1.64 bits per heavy atom. The molecule has 2 aromatic carbocycles. The van der Waals surface area contributed by atoms with E-state index in [1.165, 1.54) is 18.9 Å². The van der Waals surface area contributed by atoms with Crippen molar-refractivity contribution in [1.29, 1.82) is 0 Å². The number of hydrogen-bond donors (Lipinski definition) is 0. The Labute approximate surface area is 193 Å². The van der Waals surface area contributed by atoms with Crippen LogP contribution in [-0.4, -0.2) is 48.5 Å². The maximum atomic E-state index is 12.9. The number of para-hydroxylation sites is 1. The Bertz CT molecular complexity index is 1270. The zero-order valence-corrected chi connectivity index (χ0v) is 19.7. The fraction of sp³-hybridized carbons (Fsp3) is 0.269. The maximum Gasteiger partial charge on any atom is 0.357 e. The van der Waals surface area contributed by atoms with Crippen LogP contribution >= 0.6 is 0 Å². The number of carbonyl (C=O) groups excluding carboxylic acids is 2. The van der Waals surface area contributed by atoms with E-state index in [0.29, 0.717) is 16.9 Å². The van der Waals surface area contributed by atoms with Gasteiger partial charge < -0.3 is 14.4 Å². The summed E-state index contributed by atoms with van der Waals surface area (Å²) in [6.45, 7) is 6.39. The first-order valence-corrected chi connectivity index (χ1v) is 10.6. The van der Waals surface area contributed by atoms with Gasteiger partial charge in [0.05, 0.1) is 25.4 Å². The molecule has 1 aromatic heterocycles. The van der Waals surface area contributed by atoms with Crippen molar-refractivity contribution in [2.24, 2.45) is 0 Å². The molecule has 0 spiro atoms. The minimum Gasteiger partial charge on any atom is -0.465 e. The maximum absolute atomic E-state index is 12.9. The number of anilines is 1. The lowest BCUT2D eigenvalue weighted by Gasteiger charge is -2.40. The van der Waals surface area contributed by atoms with Crippen molar-refractivity contribution in [1.82, 2.24) is 9.78 Å². The summed E-state index contributed by atoms with van der Waals surface area (Å²) in [5.41, 5.74) is 4.91. The highest BCUT2D eigenvalue weighted by Crippen LogP contribution is 2.40. The molecule has 0 unspecified atom stereocenters. The number of fused-ring (bicyclic) bond motifs is 1. The minimum atomic E-state index is -0.673. The van der Waals surface area contributed by atoms with Crippen LogP contribution in [0.4, 0.5) is 5.69 Å². The van der Waals surface area contributed by atoms with Crippen LogP contribution in [0.1, 0.15) is 47.2 Å². The largest absolute Gasteiger partial charge is 0.465 e. The Hall–Kier alpha value is -3.87. The van der Waals surface area contributed by atoms with Gasteiger partial charge in [0.25, 0.3) is 0 Å². The van der Waals surface area contributed by atoms with Crippen LogP contribution in [0.2, 0.25) is 0 Å². The number of hydrogen-bond acceptors (Lipinski definition) is 6. The van der Waals surface area contributed by atoms with Gasteiger partial charge in [-0.2, -0.15) is 5.10 Å². The van der Waals surface area contributed by atoms with E-state index < -0.39 is 11.9 Å². The first-order valence-electron chi connectivity index (χ1n) is 10.6. The quantitative estimate of drug-likeness (QED) is 0.540. The number of esters is 2. The van der Waals surface area contributed by atoms with Gasteiger partial charge in [0.15, 0.2) is 5.69 Å². The first-order chi connectivity index (χ1) is 15.7. The Morgan fingerprint density at radius 3 is 2.27 bits per heavy atom. The number of aromatic nitrogens is 2. The van der Waals surface area contributed by atoms with E-state index in [1.807, 2.05) is 36.4 Å². The molecule has 0 N–H and O–H groups in total. The molecule has 0 saturated heterocycles. The van der Waals surface area contributed by atoms with Crippen LogP contribution in [0.25, 0.3) is 22.5 Å². The van der Waals surface area contributed by atoms with E-state index in [0.717, 1.165) is 16.8 Å². The molecular formula is C26H27N3O4. The van der Waals surface area contributed by atoms with Crippen molar-refractivity contribution in [3.05, 3.63) is 71.4 Å². The molecule has 0 fully saturated rings. The van der Waals surface area contributed by atoms with E-state index in [9.17, 15) is 9.59 Å². The van der Waals surface area contributed by atoms with Gasteiger partial charge in [0.2, 0.25) is 0 Å². The van der Waals surface area contributed by atoms with Crippen molar-refractivity contribution >= 4 is 23.2 Å². The summed E-state index contributed by atoms with van der Waals surface area (Å²) in [5.74, 6) is -1.33. The van der Waals surface area contributed by atoms with Crippen molar-refractivity contribution in [2.45, 2.75) is 26.3 Å². The van der Waals surface area contributed by atoms with Gasteiger partial charge in [-0.1, -0.05) is 30.3 Å². The Balaban J connectivity index is 1.99. The molecule has 7 heteroatoms. The molecule has 170 valence electrons. The summed E-state index contributed by atoms with van der Waals surface area (Å²) in [6.07, 6.45) is 2.21. The number of benzene rings is 2. The molecule has 4 rings (SSSR count). The summed E-state index contributed by atoms with van der Waals surface area (Å²) in [5, 5.41) is 4.69. The van der Waals surface area contributed by atoms with Crippen LogP contribution in [0, 0.1) is 0 Å². The molecule has 7 nitrogen and oxygen atoms in total. The molecule has 0 amide bonds. The van der Waals surface area contributed by atoms with Gasteiger partial charge in [-0.3, -0.25) is 0 Å². The summed E-state index contributed by atoms with van der Waals surface area (Å²) in [7, 11) is 4.61. The third-order valence-corrected chi connectivity index (χ3v) is 6.14. The zero-order chi connectivity index (χ0) is 23.9. The highest BCUT2D eigenvalue weighted by atomic mass is 16.5. The lowest BCUT2D eigenvalue weighted by Crippen LogP contribution is -2.41. The third kappa shape index (κ3) is 3.69. The standard InChI is InChI=1S/C26H27N3O4/c1-16-15-26(2,3)28(4)20-13-12-17(14-19(16)20)22-21(24(30)32-5)23(25(31)33-6)29(27-22)18-10-8-7-9-11-18/h7-15H,1-6H3. The molecule has 0 atom stereocenters. The van der Waals surface area contributed by atoms with E-state index in [-0.39, 0.29) is 16.8 Å². The Kier molecular flexibility index (Phi) is 5.57. The van der Waals surface area contributed by atoms with E-state index in [2.05, 4.69) is 38.8 Å². The second-order valence-corrected chi connectivity index (χ2v) is 8.57. The number of ether oxygens (including phenoxy) is 2. The van der Waals surface area contributed by atoms with Crippen LogP contribution in [0.3, 0.4) is 0 Å². The summed E-state index contributed by atoms with van der Waals surface area (Å²) in [6, 6.07) is 15.1. The average Bonchev–Trinajstić information content (AvgIpc) is 3.22. The van der Waals surface area contributed by atoms with E-state index in [4.69, 9.17) is 14.6 Å². The number of nitrogens with zero attached hydrogens (tertiary/aromatic N) is 3. The van der Waals surface area contributed by atoms with Crippen LogP contribution in [-0.2, 0) is 9.47 Å². The first kappa shape index (κ1) is 22.3. The minimum absolute atomic E-state index is 0.0220. The van der Waals surface area contributed by atoms with Crippen molar-refractivity contribution < 1.29 is 19.1 Å². The fourth-order valence-electron chi connectivity index (χ4n) is 4.26. The zero-order valence-electron chi connectivity index (χ0n) is 19.7. The molecule has 0 saturated carbocycles. The van der Waals surface area contributed by atoms with Gasteiger partial charge in [0.1, 0.15) is 11.3 Å². The van der Waals surface area contributed by atoms with Gasteiger partial charge >= 0.3 is 11.9 Å². The predicted octanol–water partition coefficient (Wildman–Crippen LogP) is 4.74. The van der Waals surface area contributed by atoms with Crippen LogP contribution in [0.15, 0.2) is 54.6 Å². The van der Waals surface area contributed by atoms with Crippen molar-refractivity contribution in [2.75, 3.05) is 26.2 Å². The highest BCUT2D eigenvalue weighted by Gasteiger charge is 2.33. The summed E-state index contributed by atoms with van der Waals surface area (Å²) < 4.78 is 11.5. The third-order valence-electron chi connectivity index (χ3n) is 6.14. The molecular weight excluding hydrogens is 418 g/mol. The molecule has 0 radical (unpaired) electrons. The topological polar surface area (TPSA) is 73.7 Å². The lowest BCUT2D eigenvalue weighted by molar-refractivity contribution is 0.0549. The second-order valence-electron chi connectivity index (χ2n) is 8.57. The molecule has 0 aliphatic carbocycles. The number of likely N-dealkylation sites (N-methyl/N-ethyl adjacent to an activating group) is 1. The number of carbonyl (C=O) groups is 2. The van der Waals surface area contributed by atoms with Crippen LogP contribution < -0.4 is 4.90 Å². The monoisotopic (exact) mass is 445 g/mol. The Morgan fingerprint density at radius 1 is 0.970 bits per heavy atom. The van der Waals surface area contributed by atoms with E-state index >= 15 is 0 Å². The van der Waals surface area contributed by atoms with Crippen molar-refractivity contribution in [3.8, 4) is 16.9 Å². The van der Waals surface area contributed by atoms with Crippen molar-refractivity contribution in [3.63, 3.8) is 0 Å². The summed E-state index contributed by atoms with van der Waals surface area (Å²) in [4.78, 5) is 27.9. The highest BCUT2D eigenvalue weighted by molar-refractivity contribution is 6.07. The van der Waals surface area contributed by atoms with Crippen LogP contribution in [0.5, 0.6) is 0 Å². The van der Waals surface area contributed by atoms with E-state index in [1.54, 1.807) is 12.1 Å². The fourth-order valence-corrected chi connectivity index (χ4v) is 4.26. The number of methoxy groups -OCH3 is 2. The van der Waals surface area contributed by atoms with Gasteiger partial charge in [-0.25, -0.2) is 14.3 Å². The lowest BCUT2D eigenvalue weighted by atomic mass is 9.88. The summed E-state index contributed by atoms with van der Waals surface area (Å²) >= 11 is 0. The van der Waals surface area contributed by atoms with Gasteiger partial charge in [0, 0.05) is 23.9 Å². The number of allylic oxidation sites excluding steroid dienone is 1. The predicted molar refractivity (Wildman–Crippen MR) is 128 cm³/mol. The molecule has 0 bridgehead atoms. The normalized spacial score (nSPS) is 14.4. The molecule has 1 aliphatic heterocycles. The SMILES string of the molecule is COC(=O)c1c(-c2ccc3c(c2)C(C)=CC(C)(C)N3C)nn(-c2ccccc2)c1C(=O)OC. The van der Waals surface area contributed by atoms with Gasteiger partial charge in [-0.05, 0) is 50.6 Å². The number of rotatable bonds is 4. The molecule has 2 heterocycles. The second kappa shape index (κ2) is 8.24. The average molecular weight is 446 g/mol. The molecule has 3 aromatic rings. The smallest absolute Gasteiger partial charge is 0.357 e. The van der Waals surface area contributed by atoms with Gasteiger partial charge in [-0.15, -0.1) is 0 Å².